The third-order valence-electron chi connectivity index (χ3n) is 5.92. The number of hydrogen-bond acceptors (Lipinski definition) is 5. The second-order valence-corrected chi connectivity index (χ2v) is 7.74. The molecule has 0 radical (unpaired) electrons. The van der Waals surface area contributed by atoms with Crippen molar-refractivity contribution in [3.8, 4) is 17.0 Å². The molecular formula is C24H18N4O5. The van der Waals surface area contributed by atoms with Crippen LogP contribution in [0.4, 0.5) is 5.69 Å². The predicted octanol–water partition coefficient (Wildman–Crippen LogP) is 2.17. The van der Waals surface area contributed by atoms with Crippen LogP contribution in [0.15, 0.2) is 63.7 Å². The lowest BCUT2D eigenvalue weighted by atomic mass is 9.93. The van der Waals surface area contributed by atoms with Crippen molar-refractivity contribution in [2.45, 2.75) is 0 Å². The molecule has 33 heavy (non-hydrogen) atoms. The van der Waals surface area contributed by atoms with Crippen LogP contribution in [0.5, 0.6) is 5.75 Å². The van der Waals surface area contributed by atoms with Gasteiger partial charge in [0.2, 0.25) is 5.78 Å². The number of aromatic nitrogens is 3. The van der Waals surface area contributed by atoms with E-state index in [2.05, 4.69) is 10.2 Å². The van der Waals surface area contributed by atoms with Gasteiger partial charge in [0.15, 0.2) is 0 Å². The molecule has 2 aromatic heterocycles. The van der Waals surface area contributed by atoms with Crippen LogP contribution in [-0.4, -0.2) is 38.6 Å². The number of nitrogens with zero attached hydrogens (tertiary/aromatic N) is 2. The first-order valence-corrected chi connectivity index (χ1v) is 10.1. The Balaban J connectivity index is 1.76. The molecule has 1 aliphatic rings. The van der Waals surface area contributed by atoms with Crippen LogP contribution in [0.2, 0.25) is 0 Å². The van der Waals surface area contributed by atoms with E-state index in [9.17, 15) is 24.3 Å². The Morgan fingerprint density at radius 1 is 0.909 bits per heavy atom. The average molecular weight is 442 g/mol. The molecule has 0 unspecified atom stereocenters. The van der Waals surface area contributed by atoms with E-state index in [-0.39, 0.29) is 28.1 Å². The third-order valence-corrected chi connectivity index (χ3v) is 5.92. The fourth-order valence-electron chi connectivity index (χ4n) is 4.17. The van der Waals surface area contributed by atoms with Crippen LogP contribution < -0.4 is 16.0 Å². The van der Waals surface area contributed by atoms with E-state index >= 15 is 0 Å². The molecule has 0 fully saturated rings. The largest absolute Gasteiger partial charge is 0.506 e. The minimum Gasteiger partial charge on any atom is -0.506 e. The van der Waals surface area contributed by atoms with Gasteiger partial charge in [0.25, 0.3) is 17.0 Å². The van der Waals surface area contributed by atoms with Gasteiger partial charge >= 0.3 is 0 Å². The first-order chi connectivity index (χ1) is 15.8. The van der Waals surface area contributed by atoms with Crippen molar-refractivity contribution in [2.24, 2.45) is 7.05 Å². The number of H-pyrrole nitrogens is 2. The molecule has 1 aliphatic heterocycles. The first kappa shape index (κ1) is 20.3. The molecule has 0 saturated heterocycles. The molecule has 0 aliphatic carbocycles. The highest BCUT2D eigenvalue weighted by molar-refractivity contribution is 6.36. The number of hydrogen-bond donors (Lipinski definition) is 3. The van der Waals surface area contributed by atoms with Gasteiger partial charge in [-0.2, -0.15) is 0 Å². The van der Waals surface area contributed by atoms with E-state index in [1.165, 1.54) is 16.5 Å². The van der Waals surface area contributed by atoms with Crippen LogP contribution in [0.3, 0.4) is 0 Å². The number of likely N-dealkylation sites (N-methyl/N-ethyl adjacent to an activating group) is 1. The molecule has 0 bridgehead atoms. The van der Waals surface area contributed by atoms with Gasteiger partial charge in [-0.05, 0) is 30.3 Å². The van der Waals surface area contributed by atoms with Gasteiger partial charge in [-0.1, -0.05) is 24.3 Å². The monoisotopic (exact) mass is 442 g/mol. The number of aromatic amines is 2. The van der Waals surface area contributed by atoms with Crippen molar-refractivity contribution in [1.82, 2.24) is 14.8 Å². The molecule has 3 N–H and O–H groups in total. The van der Waals surface area contributed by atoms with Crippen molar-refractivity contribution >= 4 is 34.4 Å². The van der Waals surface area contributed by atoms with E-state index in [1.54, 1.807) is 55.6 Å². The smallest absolute Gasteiger partial charge is 0.271 e. The summed E-state index contributed by atoms with van der Waals surface area (Å²) >= 11 is 0. The average Bonchev–Trinajstić information content (AvgIpc) is 3.18. The topological polar surface area (TPSA) is 128 Å². The van der Waals surface area contributed by atoms with E-state index in [0.29, 0.717) is 22.2 Å². The number of Topliss-reactive ketones (excluding diaryl/α,β-unsaturated/α-hetero) is 1. The maximum Gasteiger partial charge on any atom is 0.271 e. The second-order valence-electron chi connectivity index (χ2n) is 7.74. The number of para-hydroxylation sites is 2. The van der Waals surface area contributed by atoms with Crippen LogP contribution in [0.25, 0.3) is 28.2 Å². The van der Waals surface area contributed by atoms with Gasteiger partial charge in [0.1, 0.15) is 11.3 Å². The number of carbonyl (C=O) groups is 2. The highest BCUT2D eigenvalue weighted by Crippen LogP contribution is 2.34. The minimum absolute atomic E-state index is 0.0153. The number of benzene rings is 2. The van der Waals surface area contributed by atoms with E-state index < -0.39 is 22.8 Å². The maximum absolute atomic E-state index is 13.1. The highest BCUT2D eigenvalue weighted by Gasteiger charge is 2.33. The van der Waals surface area contributed by atoms with Gasteiger partial charge in [0, 0.05) is 25.0 Å². The third kappa shape index (κ3) is 2.86. The van der Waals surface area contributed by atoms with Gasteiger partial charge < -0.3 is 14.6 Å². The van der Waals surface area contributed by atoms with Crippen molar-refractivity contribution in [3.05, 3.63) is 85.9 Å². The maximum atomic E-state index is 13.1. The molecule has 0 atom stereocenters. The Morgan fingerprint density at radius 3 is 2.39 bits per heavy atom. The number of aryl methyl sites for hydroxylation is 1. The lowest BCUT2D eigenvalue weighted by molar-refractivity contribution is -0.114. The molecule has 3 heterocycles. The Bertz CT molecular complexity index is 1640. The lowest BCUT2D eigenvalue weighted by Crippen LogP contribution is -2.36. The van der Waals surface area contributed by atoms with E-state index in [1.807, 2.05) is 0 Å². The lowest BCUT2D eigenvalue weighted by Gasteiger charge is -2.26. The van der Waals surface area contributed by atoms with Gasteiger partial charge in [-0.25, -0.2) is 0 Å². The molecule has 5 rings (SSSR count). The molecule has 9 nitrogen and oxygen atoms in total. The van der Waals surface area contributed by atoms with Crippen LogP contribution in [0, 0.1) is 0 Å². The van der Waals surface area contributed by atoms with Crippen LogP contribution in [-0.2, 0) is 11.8 Å². The van der Waals surface area contributed by atoms with Crippen molar-refractivity contribution in [3.63, 3.8) is 0 Å². The van der Waals surface area contributed by atoms with Crippen LogP contribution in [0.1, 0.15) is 15.9 Å². The molecule has 0 spiro atoms. The Kier molecular flexibility index (Phi) is 4.42. The fraction of sp³-hybridized carbons (Fsp3) is 0.0833. The SMILES string of the molecule is CN1C(=O)C(=Cc2c(-c3c(O)c4ccccc4n(C)c3=O)[nH][nH]c2=O)C(=O)c2ccccc21. The number of aromatic hydroxyl groups is 1. The van der Waals surface area contributed by atoms with Gasteiger partial charge in [-0.3, -0.25) is 29.4 Å². The molecule has 2 aromatic carbocycles. The van der Waals surface area contributed by atoms with Crippen LogP contribution >= 0.6 is 0 Å². The number of pyridine rings is 1. The highest BCUT2D eigenvalue weighted by atomic mass is 16.3. The normalized spacial score (nSPS) is 14.8. The number of carbonyl (C=O) groups excluding carboxylic acids is 2. The number of fused-ring (bicyclic) bond motifs is 2. The molecule has 0 saturated carbocycles. The Labute approximate surface area is 186 Å². The zero-order valence-corrected chi connectivity index (χ0v) is 17.7. The van der Waals surface area contributed by atoms with Crippen molar-refractivity contribution < 1.29 is 14.7 Å². The molecule has 9 heteroatoms. The summed E-state index contributed by atoms with van der Waals surface area (Å²) in [6.45, 7) is 0. The summed E-state index contributed by atoms with van der Waals surface area (Å²) in [5.41, 5.74) is -0.389. The second kappa shape index (κ2) is 7.20. The molecule has 1 amide bonds. The Morgan fingerprint density at radius 2 is 1.61 bits per heavy atom. The summed E-state index contributed by atoms with van der Waals surface area (Å²) in [5, 5.41) is 16.3. The summed E-state index contributed by atoms with van der Waals surface area (Å²) in [5.74, 6) is -1.43. The summed E-state index contributed by atoms with van der Waals surface area (Å²) in [4.78, 5) is 53.1. The van der Waals surface area contributed by atoms with Gasteiger partial charge in [-0.15, -0.1) is 0 Å². The van der Waals surface area contributed by atoms with E-state index in [0.717, 1.165) is 6.08 Å². The van der Waals surface area contributed by atoms with Crippen molar-refractivity contribution in [2.75, 3.05) is 11.9 Å². The Hall–Kier alpha value is -4.66. The standard InChI is InChI=1S/C24H18N4O5/c1-27-16-9-5-3-7-12(16)20(29)15(23(27)32)11-14-19(25-26-22(14)31)18-21(30)13-8-4-6-10-17(13)28(2)24(18)33/h3-11,30H,1-2H3,(H2,25,26,31). The summed E-state index contributed by atoms with van der Waals surface area (Å²) in [7, 11) is 3.09. The van der Waals surface area contributed by atoms with Gasteiger partial charge in [0.05, 0.1) is 28.0 Å². The molecule has 164 valence electrons. The predicted molar refractivity (Wildman–Crippen MR) is 123 cm³/mol. The minimum atomic E-state index is -0.644. The molecular weight excluding hydrogens is 424 g/mol. The zero-order chi connectivity index (χ0) is 23.4. The zero-order valence-electron chi connectivity index (χ0n) is 17.7. The van der Waals surface area contributed by atoms with E-state index in [4.69, 9.17) is 0 Å². The van der Waals surface area contributed by atoms with Crippen molar-refractivity contribution in [1.29, 1.82) is 0 Å². The number of nitrogens with one attached hydrogen (secondary N) is 2. The quantitative estimate of drug-likeness (QED) is 0.324. The summed E-state index contributed by atoms with van der Waals surface area (Å²) in [6, 6.07) is 13.5. The number of ketones is 1. The first-order valence-electron chi connectivity index (χ1n) is 10.1. The number of amides is 1. The fourth-order valence-corrected chi connectivity index (χ4v) is 4.17. The summed E-state index contributed by atoms with van der Waals surface area (Å²) in [6.07, 6.45) is 1.16. The summed E-state index contributed by atoms with van der Waals surface area (Å²) < 4.78 is 1.35. The number of anilines is 1. The molecule has 4 aromatic rings. The number of rotatable bonds is 2.